The van der Waals surface area contributed by atoms with E-state index in [1.54, 1.807) is 10.6 Å². The van der Waals surface area contributed by atoms with Crippen molar-refractivity contribution in [1.82, 2.24) is 9.55 Å². The number of ether oxygens (including phenoxy) is 1. The molecule has 248 valence electrons. The molecule has 1 aromatic rings. The van der Waals surface area contributed by atoms with Gasteiger partial charge in [0.2, 0.25) is 0 Å². The van der Waals surface area contributed by atoms with Gasteiger partial charge in [-0.1, -0.05) is 0 Å². The average molecular weight is 744 g/mol. The second kappa shape index (κ2) is 15.3. The van der Waals surface area contributed by atoms with Crippen LogP contribution in [0.2, 0.25) is 49.6 Å². The van der Waals surface area contributed by atoms with Crippen molar-refractivity contribution >= 4 is 44.6 Å². The van der Waals surface area contributed by atoms with Gasteiger partial charge in [-0.15, -0.1) is 0 Å². The second-order valence-corrected chi connectivity index (χ2v) is 38.4. The van der Waals surface area contributed by atoms with Gasteiger partial charge in [0.25, 0.3) is 0 Å². The van der Waals surface area contributed by atoms with Crippen molar-refractivity contribution in [3.8, 4) is 0 Å². The van der Waals surface area contributed by atoms with E-state index in [2.05, 4.69) is 93.5 Å². The van der Waals surface area contributed by atoms with E-state index in [1.807, 2.05) is 6.08 Å². The van der Waals surface area contributed by atoms with Crippen LogP contribution in [0, 0.1) is 0 Å². The molecule has 0 amide bonds. The summed E-state index contributed by atoms with van der Waals surface area (Å²) >= 11 is -3.24. The zero-order chi connectivity index (χ0) is 32.9. The van der Waals surface area contributed by atoms with Crippen LogP contribution in [0.25, 0.3) is 5.88 Å². The van der Waals surface area contributed by atoms with Crippen LogP contribution in [-0.4, -0.2) is 63.4 Å². The number of hydrogen-bond acceptors (Lipinski definition) is 5. The fourth-order valence-electron chi connectivity index (χ4n) is 5.31. The minimum absolute atomic E-state index is 0.0144. The SMILES string of the molecule is CCC[CH2][Sn]([CH2]CCC)([CH2]CCC)[c]1cc(=O)[nH]c(=O)n1C1=C[C@H](O[Si](C)(C)C(C)(C)C)[C@@H](CO[Si](C)(C)C(C)(C)C)O1. The van der Waals surface area contributed by atoms with E-state index in [1.165, 1.54) is 0 Å². The summed E-state index contributed by atoms with van der Waals surface area (Å²) in [6.45, 7) is 29.6. The first-order valence-corrected chi connectivity index (χ1v) is 30.1. The number of H-pyrrole nitrogens is 1. The minimum atomic E-state index is -3.24. The molecular formula is C33H64N2O5Si2Sn. The number of rotatable bonds is 16. The molecule has 0 saturated carbocycles. The van der Waals surface area contributed by atoms with Crippen LogP contribution in [0.15, 0.2) is 21.7 Å². The van der Waals surface area contributed by atoms with Crippen LogP contribution in [0.1, 0.15) is 101 Å². The molecule has 0 saturated heterocycles. The van der Waals surface area contributed by atoms with E-state index < -0.39 is 40.7 Å². The molecule has 0 aromatic carbocycles. The third-order valence-electron chi connectivity index (χ3n) is 10.3. The summed E-state index contributed by atoms with van der Waals surface area (Å²) in [7, 11) is -4.24. The molecule has 43 heavy (non-hydrogen) atoms. The Morgan fingerprint density at radius 3 is 1.79 bits per heavy atom. The molecule has 0 spiro atoms. The molecule has 2 atom stereocenters. The van der Waals surface area contributed by atoms with E-state index in [9.17, 15) is 9.59 Å². The molecule has 0 bridgehead atoms. The van der Waals surface area contributed by atoms with E-state index in [0.717, 1.165) is 55.5 Å². The van der Waals surface area contributed by atoms with Gasteiger partial charge in [-0.2, -0.15) is 0 Å². The van der Waals surface area contributed by atoms with Crippen molar-refractivity contribution < 1.29 is 13.6 Å². The van der Waals surface area contributed by atoms with Crippen molar-refractivity contribution in [3.05, 3.63) is 33.0 Å². The van der Waals surface area contributed by atoms with Crippen LogP contribution >= 0.6 is 0 Å². The summed E-state index contributed by atoms with van der Waals surface area (Å²) < 4.78 is 26.5. The molecule has 0 radical (unpaired) electrons. The average Bonchev–Trinajstić information content (AvgIpc) is 3.26. The van der Waals surface area contributed by atoms with Crippen molar-refractivity contribution in [2.24, 2.45) is 0 Å². The molecule has 1 aliphatic heterocycles. The third-order valence-corrected chi connectivity index (χ3v) is 34.7. The topological polar surface area (TPSA) is 82.6 Å². The van der Waals surface area contributed by atoms with Gasteiger partial charge in [0.05, 0.1) is 0 Å². The molecule has 1 aromatic heterocycles. The Labute approximate surface area is 268 Å². The molecule has 2 rings (SSSR count). The number of aromatic nitrogens is 2. The molecule has 1 aliphatic rings. The monoisotopic (exact) mass is 744 g/mol. The molecular weight excluding hydrogens is 679 g/mol. The summed E-state index contributed by atoms with van der Waals surface area (Å²) in [5.74, 6) is 0.509. The van der Waals surface area contributed by atoms with Crippen LogP contribution in [-0.2, 0) is 13.6 Å². The first-order valence-electron chi connectivity index (χ1n) is 16.8. The van der Waals surface area contributed by atoms with Gasteiger partial charge in [0.15, 0.2) is 0 Å². The molecule has 0 unspecified atom stereocenters. The van der Waals surface area contributed by atoms with Gasteiger partial charge in [-0.25, -0.2) is 0 Å². The quantitative estimate of drug-likeness (QED) is 0.173. The molecule has 0 aliphatic carbocycles. The number of aromatic amines is 1. The maximum atomic E-state index is 13.8. The Balaban J connectivity index is 2.72. The van der Waals surface area contributed by atoms with Gasteiger partial charge in [0.1, 0.15) is 0 Å². The zero-order valence-electron chi connectivity index (χ0n) is 29.9. The van der Waals surface area contributed by atoms with Crippen molar-refractivity contribution in [2.75, 3.05) is 6.61 Å². The van der Waals surface area contributed by atoms with Gasteiger partial charge in [-0.3, -0.25) is 0 Å². The summed E-state index contributed by atoms with van der Waals surface area (Å²) in [4.78, 5) is 29.3. The van der Waals surface area contributed by atoms with E-state index >= 15 is 0 Å². The fraction of sp³-hybridized carbons (Fsp3) is 0.818. The molecule has 0 fully saturated rings. The summed E-state index contributed by atoms with van der Waals surface area (Å²) in [6, 6.07) is 1.76. The Hall–Kier alpha value is -0.628. The first-order chi connectivity index (χ1) is 19.7. The van der Waals surface area contributed by atoms with E-state index in [0.29, 0.717) is 12.5 Å². The number of unbranched alkanes of at least 4 members (excludes halogenated alkanes) is 3. The Kier molecular flexibility index (Phi) is 13.7. The van der Waals surface area contributed by atoms with E-state index in [4.69, 9.17) is 13.6 Å². The van der Waals surface area contributed by atoms with Gasteiger partial charge in [-0.05, 0) is 0 Å². The Bertz CT molecular complexity index is 1170. The number of nitrogens with zero attached hydrogens (tertiary/aromatic N) is 1. The Morgan fingerprint density at radius 2 is 1.35 bits per heavy atom. The van der Waals surface area contributed by atoms with Gasteiger partial charge in [0, 0.05) is 0 Å². The van der Waals surface area contributed by atoms with Crippen LogP contribution in [0.4, 0.5) is 0 Å². The van der Waals surface area contributed by atoms with Crippen LogP contribution < -0.4 is 15.0 Å². The number of hydrogen-bond donors (Lipinski definition) is 1. The van der Waals surface area contributed by atoms with Crippen molar-refractivity contribution in [3.63, 3.8) is 0 Å². The summed E-state index contributed by atoms with van der Waals surface area (Å²) in [5.41, 5.74) is -0.691. The van der Waals surface area contributed by atoms with Crippen LogP contribution in [0.5, 0.6) is 0 Å². The van der Waals surface area contributed by atoms with Gasteiger partial charge >= 0.3 is 270 Å². The zero-order valence-corrected chi connectivity index (χ0v) is 34.7. The maximum absolute atomic E-state index is 13.8. The summed E-state index contributed by atoms with van der Waals surface area (Å²) in [5, 5.41) is 0.0764. The fourth-order valence-corrected chi connectivity index (χ4v) is 23.9. The predicted octanol–water partition coefficient (Wildman–Crippen LogP) is 8.20. The summed E-state index contributed by atoms with van der Waals surface area (Å²) in [6.07, 6.45) is 8.03. The first kappa shape index (κ1) is 38.6. The van der Waals surface area contributed by atoms with Crippen molar-refractivity contribution in [1.29, 1.82) is 0 Å². The number of nitrogens with one attached hydrogen (secondary N) is 1. The molecule has 7 nitrogen and oxygen atoms in total. The second-order valence-electron chi connectivity index (χ2n) is 15.8. The van der Waals surface area contributed by atoms with Crippen LogP contribution in [0.3, 0.4) is 0 Å². The molecule has 10 heteroatoms. The predicted molar refractivity (Wildman–Crippen MR) is 190 cm³/mol. The standard InChI is InChI=1S/C21H37N2O5Si2.3C4H9.Sn/c1-20(2,3)29(7,8)26-14-16-15(28-30(9,10)21(4,5)6)13-18(27-16)23-12-11-17(24)22-19(23)25;3*1-3-4-2;/h11,13,15-16H,14H2,1-10H3,(H,22,24,25);3*1,3-4H2,2H3;/t15-,16+;;;;/m0..../s1. The van der Waals surface area contributed by atoms with Gasteiger partial charge < -0.3 is 0 Å². The van der Waals surface area contributed by atoms with E-state index in [-0.39, 0.29) is 27.8 Å². The Morgan fingerprint density at radius 1 is 0.860 bits per heavy atom. The van der Waals surface area contributed by atoms with Crippen molar-refractivity contribution in [2.45, 2.75) is 163 Å². The third kappa shape index (κ3) is 9.69. The normalized spacial score (nSPS) is 18.6. The molecule has 2 heterocycles. The molecule has 1 N–H and O–H groups in total.